The predicted molar refractivity (Wildman–Crippen MR) is 75.0 cm³/mol. The molecule has 3 aromatic rings. The van der Waals surface area contributed by atoms with Crippen LogP contribution in [0, 0.1) is 6.92 Å². The molecule has 0 bridgehead atoms. The molecular weight excluding hydrogens is 270 g/mol. The van der Waals surface area contributed by atoms with Crippen LogP contribution in [0.5, 0.6) is 0 Å². The zero-order chi connectivity index (χ0) is 14.8. The molecule has 0 aliphatic heterocycles. The van der Waals surface area contributed by atoms with E-state index in [1.165, 1.54) is 0 Å². The van der Waals surface area contributed by atoms with Gasteiger partial charge in [0.1, 0.15) is 5.65 Å². The highest BCUT2D eigenvalue weighted by Gasteiger charge is 2.18. The molecule has 0 spiro atoms. The summed E-state index contributed by atoms with van der Waals surface area (Å²) in [5.74, 6) is -0.448. The lowest BCUT2D eigenvalue weighted by molar-refractivity contribution is 0.0518. The molecule has 108 valence electrons. The number of carbonyl (C=O) groups excluding carboxylic acids is 1. The van der Waals surface area contributed by atoms with Crippen molar-refractivity contribution in [3.63, 3.8) is 0 Å². The van der Waals surface area contributed by atoms with Gasteiger partial charge in [-0.3, -0.25) is 0 Å². The van der Waals surface area contributed by atoms with Crippen molar-refractivity contribution < 1.29 is 9.53 Å². The number of nitrogens with zero attached hydrogens (tertiary/aromatic N) is 5. The summed E-state index contributed by atoms with van der Waals surface area (Å²) in [6, 6.07) is 5.81. The van der Waals surface area contributed by atoms with Crippen LogP contribution in [0.4, 0.5) is 0 Å². The van der Waals surface area contributed by atoms with E-state index in [1.807, 2.05) is 35.0 Å². The summed E-state index contributed by atoms with van der Waals surface area (Å²) in [6.07, 6.45) is 3.87. The maximum absolute atomic E-state index is 11.7. The smallest absolute Gasteiger partial charge is 0.360 e. The zero-order valence-electron chi connectivity index (χ0n) is 11.9. The molecule has 0 saturated heterocycles. The monoisotopic (exact) mass is 285 g/mol. The Morgan fingerprint density at radius 3 is 3.00 bits per heavy atom. The maximum atomic E-state index is 11.7. The average Bonchev–Trinajstić information content (AvgIpc) is 3.03. The summed E-state index contributed by atoms with van der Waals surface area (Å²) in [7, 11) is 0. The first kappa shape index (κ1) is 13.3. The van der Waals surface area contributed by atoms with Gasteiger partial charge >= 0.3 is 5.97 Å². The SMILES string of the molecule is CCOC(=O)c1nnn(Cc2cn3ccccc3n2)c1C. The number of hydrogen-bond donors (Lipinski definition) is 0. The van der Waals surface area contributed by atoms with Crippen molar-refractivity contribution in [3.05, 3.63) is 47.7 Å². The summed E-state index contributed by atoms with van der Waals surface area (Å²) in [4.78, 5) is 16.2. The summed E-state index contributed by atoms with van der Waals surface area (Å²) < 4.78 is 8.53. The molecule has 7 heteroatoms. The summed E-state index contributed by atoms with van der Waals surface area (Å²) in [5, 5.41) is 7.89. The number of pyridine rings is 1. The Morgan fingerprint density at radius 2 is 2.24 bits per heavy atom. The van der Waals surface area contributed by atoms with Gasteiger partial charge in [-0.15, -0.1) is 5.10 Å². The van der Waals surface area contributed by atoms with Crippen LogP contribution >= 0.6 is 0 Å². The third kappa shape index (κ3) is 2.49. The predicted octanol–water partition coefficient (Wildman–Crippen LogP) is 1.46. The molecule has 0 aliphatic carbocycles. The lowest BCUT2D eigenvalue weighted by atomic mass is 10.3. The van der Waals surface area contributed by atoms with E-state index in [-0.39, 0.29) is 5.69 Å². The van der Waals surface area contributed by atoms with Crippen LogP contribution in [0.3, 0.4) is 0 Å². The molecule has 0 radical (unpaired) electrons. The molecule has 7 nitrogen and oxygen atoms in total. The first-order chi connectivity index (χ1) is 10.2. The number of fused-ring (bicyclic) bond motifs is 1. The molecule has 0 saturated carbocycles. The topological polar surface area (TPSA) is 74.3 Å². The highest BCUT2D eigenvalue weighted by atomic mass is 16.5. The molecule has 0 N–H and O–H groups in total. The summed E-state index contributed by atoms with van der Waals surface area (Å²) in [6.45, 7) is 4.33. The zero-order valence-corrected chi connectivity index (χ0v) is 11.9. The van der Waals surface area contributed by atoms with Crippen LogP contribution < -0.4 is 0 Å². The second-order valence-electron chi connectivity index (χ2n) is 4.60. The van der Waals surface area contributed by atoms with Crippen LogP contribution in [0.1, 0.15) is 28.8 Å². The van der Waals surface area contributed by atoms with Crippen molar-refractivity contribution in [2.24, 2.45) is 0 Å². The van der Waals surface area contributed by atoms with Crippen LogP contribution in [0.25, 0.3) is 5.65 Å². The highest BCUT2D eigenvalue weighted by Crippen LogP contribution is 2.10. The van der Waals surface area contributed by atoms with Gasteiger partial charge in [0.2, 0.25) is 0 Å². The van der Waals surface area contributed by atoms with Gasteiger partial charge in [-0.05, 0) is 26.0 Å². The number of ether oxygens (including phenoxy) is 1. The fraction of sp³-hybridized carbons (Fsp3) is 0.286. The Bertz CT molecular complexity index is 757. The lowest BCUT2D eigenvalue weighted by Gasteiger charge is -2.01. The van der Waals surface area contributed by atoms with Crippen LogP contribution in [-0.2, 0) is 11.3 Å². The van der Waals surface area contributed by atoms with Crippen LogP contribution in [-0.4, -0.2) is 37.0 Å². The standard InChI is InChI=1S/C14H15N5O2/c1-3-21-14(20)13-10(2)19(17-16-13)9-11-8-18-7-5-4-6-12(18)15-11/h4-8H,3,9H2,1-2H3. The van der Waals surface area contributed by atoms with E-state index in [0.717, 1.165) is 11.3 Å². The third-order valence-corrected chi connectivity index (χ3v) is 3.18. The van der Waals surface area contributed by atoms with E-state index in [4.69, 9.17) is 4.74 Å². The Labute approximate surface area is 121 Å². The van der Waals surface area contributed by atoms with Gasteiger partial charge in [0.05, 0.1) is 24.5 Å². The van der Waals surface area contributed by atoms with Crippen LogP contribution in [0.2, 0.25) is 0 Å². The van der Waals surface area contributed by atoms with E-state index in [1.54, 1.807) is 18.5 Å². The van der Waals surface area contributed by atoms with E-state index in [0.29, 0.717) is 18.8 Å². The van der Waals surface area contributed by atoms with Gasteiger partial charge in [0, 0.05) is 12.4 Å². The van der Waals surface area contributed by atoms with Gasteiger partial charge in [-0.25, -0.2) is 14.5 Å². The highest BCUT2D eigenvalue weighted by molar-refractivity contribution is 5.88. The molecule has 0 atom stereocenters. The fourth-order valence-electron chi connectivity index (χ4n) is 2.12. The molecule has 0 amide bonds. The fourth-order valence-corrected chi connectivity index (χ4v) is 2.12. The Hall–Kier alpha value is -2.70. The number of esters is 1. The minimum absolute atomic E-state index is 0.251. The van der Waals surface area contributed by atoms with E-state index in [9.17, 15) is 4.79 Å². The lowest BCUT2D eigenvalue weighted by Crippen LogP contribution is -2.09. The van der Waals surface area contributed by atoms with Gasteiger partial charge in [0.15, 0.2) is 5.69 Å². The molecule has 0 aliphatic rings. The first-order valence-corrected chi connectivity index (χ1v) is 6.69. The van der Waals surface area contributed by atoms with Crippen LogP contribution in [0.15, 0.2) is 30.6 Å². The van der Waals surface area contributed by atoms with E-state index in [2.05, 4.69) is 15.3 Å². The van der Waals surface area contributed by atoms with Gasteiger partial charge < -0.3 is 9.14 Å². The Balaban J connectivity index is 1.86. The molecule has 0 unspecified atom stereocenters. The van der Waals surface area contributed by atoms with Crippen molar-refractivity contribution in [2.75, 3.05) is 6.61 Å². The normalized spacial score (nSPS) is 11.0. The van der Waals surface area contributed by atoms with Gasteiger partial charge in [-0.2, -0.15) is 0 Å². The first-order valence-electron chi connectivity index (χ1n) is 6.69. The number of carbonyl (C=O) groups is 1. The maximum Gasteiger partial charge on any atom is 0.360 e. The number of rotatable bonds is 4. The largest absolute Gasteiger partial charge is 0.461 e. The number of aromatic nitrogens is 5. The van der Waals surface area contributed by atoms with Crippen molar-refractivity contribution in [1.82, 2.24) is 24.4 Å². The summed E-state index contributed by atoms with van der Waals surface area (Å²) >= 11 is 0. The van der Waals surface area contributed by atoms with Crippen molar-refractivity contribution in [1.29, 1.82) is 0 Å². The van der Waals surface area contributed by atoms with E-state index < -0.39 is 5.97 Å². The molecule has 21 heavy (non-hydrogen) atoms. The Kier molecular flexibility index (Phi) is 3.39. The van der Waals surface area contributed by atoms with Crippen molar-refractivity contribution >= 4 is 11.6 Å². The molecule has 3 rings (SSSR count). The van der Waals surface area contributed by atoms with Gasteiger partial charge in [-0.1, -0.05) is 11.3 Å². The summed E-state index contributed by atoms with van der Waals surface area (Å²) in [5.41, 5.74) is 2.65. The minimum atomic E-state index is -0.448. The molecular formula is C14H15N5O2. The molecule has 0 aromatic carbocycles. The number of hydrogen-bond acceptors (Lipinski definition) is 5. The van der Waals surface area contributed by atoms with Crippen molar-refractivity contribution in [2.45, 2.75) is 20.4 Å². The quantitative estimate of drug-likeness (QED) is 0.678. The average molecular weight is 285 g/mol. The van der Waals surface area contributed by atoms with Crippen molar-refractivity contribution in [3.8, 4) is 0 Å². The van der Waals surface area contributed by atoms with E-state index >= 15 is 0 Å². The minimum Gasteiger partial charge on any atom is -0.461 e. The van der Waals surface area contributed by atoms with Gasteiger partial charge in [0.25, 0.3) is 0 Å². The molecule has 3 heterocycles. The molecule has 3 aromatic heterocycles. The second-order valence-corrected chi connectivity index (χ2v) is 4.60. The Morgan fingerprint density at radius 1 is 1.38 bits per heavy atom. The number of imidazole rings is 1. The third-order valence-electron chi connectivity index (χ3n) is 3.18. The molecule has 0 fully saturated rings. The second kappa shape index (κ2) is 5.35.